The molecule has 0 aliphatic heterocycles. The monoisotopic (exact) mass is 361 g/mol. The predicted molar refractivity (Wildman–Crippen MR) is 87.1 cm³/mol. The summed E-state index contributed by atoms with van der Waals surface area (Å²) in [6.45, 7) is 0. The maximum absolute atomic E-state index is 13.6. The SMILES string of the molecule is COc1cc(OC)cc(-c2nnc(NC(=O)c3c(F)cccc3F)o2)c1. The molecule has 1 N–H and O–H groups in total. The maximum Gasteiger partial charge on any atom is 0.322 e. The third-order valence-electron chi connectivity index (χ3n) is 3.43. The van der Waals surface area contributed by atoms with E-state index in [4.69, 9.17) is 13.9 Å². The number of anilines is 1. The van der Waals surface area contributed by atoms with Crippen LogP contribution in [0.1, 0.15) is 10.4 Å². The van der Waals surface area contributed by atoms with Crippen molar-refractivity contribution < 1.29 is 27.5 Å². The average molecular weight is 361 g/mol. The molecule has 26 heavy (non-hydrogen) atoms. The highest BCUT2D eigenvalue weighted by atomic mass is 19.1. The first-order valence-electron chi connectivity index (χ1n) is 7.34. The maximum atomic E-state index is 13.6. The molecular formula is C17H13F2N3O4. The van der Waals surface area contributed by atoms with Gasteiger partial charge in [0, 0.05) is 11.6 Å². The first-order chi connectivity index (χ1) is 12.5. The average Bonchev–Trinajstić information content (AvgIpc) is 3.09. The number of carbonyl (C=O) groups is 1. The van der Waals surface area contributed by atoms with Gasteiger partial charge in [0.25, 0.3) is 5.91 Å². The molecule has 0 saturated carbocycles. The minimum absolute atomic E-state index is 0.0616. The van der Waals surface area contributed by atoms with E-state index in [0.717, 1.165) is 18.2 Å². The van der Waals surface area contributed by atoms with E-state index in [1.807, 2.05) is 0 Å². The summed E-state index contributed by atoms with van der Waals surface area (Å²) < 4.78 is 42.9. The smallest absolute Gasteiger partial charge is 0.322 e. The van der Waals surface area contributed by atoms with Gasteiger partial charge in [-0.2, -0.15) is 0 Å². The van der Waals surface area contributed by atoms with E-state index >= 15 is 0 Å². The molecule has 3 rings (SSSR count). The third-order valence-corrected chi connectivity index (χ3v) is 3.43. The van der Waals surface area contributed by atoms with Crippen LogP contribution in [0.5, 0.6) is 11.5 Å². The Bertz CT molecular complexity index is 916. The number of amides is 1. The number of carbonyl (C=O) groups excluding carboxylic acids is 1. The van der Waals surface area contributed by atoms with Gasteiger partial charge < -0.3 is 13.9 Å². The van der Waals surface area contributed by atoms with Gasteiger partial charge in [0.1, 0.15) is 28.7 Å². The van der Waals surface area contributed by atoms with Gasteiger partial charge in [-0.05, 0) is 24.3 Å². The molecule has 134 valence electrons. The third kappa shape index (κ3) is 3.46. The molecule has 0 radical (unpaired) electrons. The second kappa shape index (κ2) is 7.18. The fraction of sp³-hybridized carbons (Fsp3) is 0.118. The van der Waals surface area contributed by atoms with Crippen molar-refractivity contribution in [2.75, 3.05) is 19.5 Å². The molecular weight excluding hydrogens is 348 g/mol. The number of hydrogen-bond acceptors (Lipinski definition) is 6. The van der Waals surface area contributed by atoms with Crippen LogP contribution < -0.4 is 14.8 Å². The lowest BCUT2D eigenvalue weighted by Gasteiger charge is -2.06. The van der Waals surface area contributed by atoms with E-state index < -0.39 is 23.1 Å². The standard InChI is InChI=1S/C17H13F2N3O4/c1-24-10-6-9(7-11(8-10)25-2)16-21-22-17(26-16)20-15(23)14-12(18)4-3-5-13(14)19/h3-8H,1-2H3,(H,20,22,23). The number of methoxy groups -OCH3 is 2. The topological polar surface area (TPSA) is 86.5 Å². The Morgan fingerprint density at radius 1 is 1.04 bits per heavy atom. The van der Waals surface area contributed by atoms with Crippen molar-refractivity contribution in [3.8, 4) is 23.0 Å². The summed E-state index contributed by atoms with van der Waals surface area (Å²) in [6, 6.07) is 7.69. The molecule has 0 aliphatic carbocycles. The van der Waals surface area contributed by atoms with Gasteiger partial charge in [0.05, 0.1) is 14.2 Å². The lowest BCUT2D eigenvalue weighted by atomic mass is 10.2. The Labute approximate surface area is 146 Å². The van der Waals surface area contributed by atoms with Crippen LogP contribution in [0.15, 0.2) is 40.8 Å². The number of nitrogens with zero attached hydrogens (tertiary/aromatic N) is 2. The molecule has 3 aromatic rings. The Hall–Kier alpha value is -3.49. The first-order valence-corrected chi connectivity index (χ1v) is 7.34. The van der Waals surface area contributed by atoms with Crippen molar-refractivity contribution in [3.63, 3.8) is 0 Å². The first kappa shape index (κ1) is 17.3. The normalized spacial score (nSPS) is 10.5. The second-order valence-electron chi connectivity index (χ2n) is 5.06. The van der Waals surface area contributed by atoms with Crippen LogP contribution >= 0.6 is 0 Å². The molecule has 1 heterocycles. The lowest BCUT2D eigenvalue weighted by molar-refractivity contribution is 0.101. The number of ether oxygens (including phenoxy) is 2. The highest BCUT2D eigenvalue weighted by Crippen LogP contribution is 2.29. The number of hydrogen-bond donors (Lipinski definition) is 1. The van der Waals surface area contributed by atoms with E-state index in [2.05, 4.69) is 15.5 Å². The Morgan fingerprint density at radius 2 is 1.65 bits per heavy atom. The minimum atomic E-state index is -1.04. The number of rotatable bonds is 5. The zero-order chi connectivity index (χ0) is 18.7. The quantitative estimate of drug-likeness (QED) is 0.750. The molecule has 7 nitrogen and oxygen atoms in total. The zero-order valence-electron chi connectivity index (χ0n) is 13.7. The van der Waals surface area contributed by atoms with Crippen molar-refractivity contribution in [1.82, 2.24) is 10.2 Å². The van der Waals surface area contributed by atoms with Gasteiger partial charge >= 0.3 is 6.01 Å². The van der Waals surface area contributed by atoms with E-state index in [0.29, 0.717) is 17.1 Å². The molecule has 0 fully saturated rings. The predicted octanol–water partition coefficient (Wildman–Crippen LogP) is 3.28. The Kier molecular flexibility index (Phi) is 4.78. The van der Waals surface area contributed by atoms with Crippen molar-refractivity contribution in [3.05, 3.63) is 53.6 Å². The molecule has 2 aromatic carbocycles. The number of benzene rings is 2. The summed E-state index contributed by atoms with van der Waals surface area (Å²) in [5, 5.41) is 9.62. The summed E-state index contributed by atoms with van der Waals surface area (Å²) in [6.07, 6.45) is 0. The van der Waals surface area contributed by atoms with Crippen molar-refractivity contribution >= 4 is 11.9 Å². The molecule has 0 saturated heterocycles. The number of aromatic nitrogens is 2. The van der Waals surface area contributed by atoms with Crippen LogP contribution in [-0.4, -0.2) is 30.3 Å². The van der Waals surface area contributed by atoms with E-state index in [1.165, 1.54) is 14.2 Å². The van der Waals surface area contributed by atoms with E-state index in [9.17, 15) is 13.6 Å². The summed E-state index contributed by atoms with van der Waals surface area (Å²) in [7, 11) is 2.97. The minimum Gasteiger partial charge on any atom is -0.497 e. The van der Waals surface area contributed by atoms with Crippen molar-refractivity contribution in [2.45, 2.75) is 0 Å². The summed E-state index contributed by atoms with van der Waals surface area (Å²) >= 11 is 0. The molecule has 1 amide bonds. The number of halogens is 2. The summed E-state index contributed by atoms with van der Waals surface area (Å²) in [4.78, 5) is 12.0. The fourth-order valence-corrected chi connectivity index (χ4v) is 2.20. The number of nitrogens with one attached hydrogen (secondary N) is 1. The van der Waals surface area contributed by atoms with E-state index in [1.54, 1.807) is 18.2 Å². The van der Waals surface area contributed by atoms with Crippen LogP contribution in [0.2, 0.25) is 0 Å². The summed E-state index contributed by atoms with van der Waals surface area (Å²) in [5.41, 5.74) is -0.262. The van der Waals surface area contributed by atoms with Crippen LogP contribution in [0.3, 0.4) is 0 Å². The van der Waals surface area contributed by atoms with Crippen molar-refractivity contribution in [2.24, 2.45) is 0 Å². The molecule has 0 unspecified atom stereocenters. The van der Waals surface area contributed by atoms with Crippen LogP contribution in [0, 0.1) is 11.6 Å². The molecule has 0 bridgehead atoms. The fourth-order valence-electron chi connectivity index (χ4n) is 2.20. The van der Waals surface area contributed by atoms with Gasteiger partial charge in [0.2, 0.25) is 5.89 Å². The van der Waals surface area contributed by atoms with Gasteiger partial charge in [0.15, 0.2) is 0 Å². The zero-order valence-corrected chi connectivity index (χ0v) is 13.7. The van der Waals surface area contributed by atoms with Crippen LogP contribution in [0.4, 0.5) is 14.8 Å². The highest BCUT2D eigenvalue weighted by Gasteiger charge is 2.20. The van der Waals surface area contributed by atoms with E-state index in [-0.39, 0.29) is 11.9 Å². The van der Waals surface area contributed by atoms with Crippen LogP contribution in [-0.2, 0) is 0 Å². The second-order valence-corrected chi connectivity index (χ2v) is 5.06. The van der Waals surface area contributed by atoms with Gasteiger partial charge in [-0.15, -0.1) is 5.10 Å². The largest absolute Gasteiger partial charge is 0.497 e. The molecule has 0 aliphatic rings. The van der Waals surface area contributed by atoms with Gasteiger partial charge in [-0.3, -0.25) is 10.1 Å². The van der Waals surface area contributed by atoms with Gasteiger partial charge in [-0.25, -0.2) is 8.78 Å². The molecule has 1 aromatic heterocycles. The van der Waals surface area contributed by atoms with Crippen molar-refractivity contribution in [1.29, 1.82) is 0 Å². The highest BCUT2D eigenvalue weighted by molar-refractivity contribution is 6.03. The molecule has 0 spiro atoms. The van der Waals surface area contributed by atoms with Crippen LogP contribution in [0.25, 0.3) is 11.5 Å². The Balaban J connectivity index is 1.86. The molecule has 9 heteroatoms. The lowest BCUT2D eigenvalue weighted by Crippen LogP contribution is -2.16. The summed E-state index contributed by atoms with van der Waals surface area (Å²) in [5.74, 6) is -1.99. The molecule has 0 atom stereocenters. The van der Waals surface area contributed by atoms with Gasteiger partial charge in [-0.1, -0.05) is 11.2 Å². The Morgan fingerprint density at radius 3 is 2.23 bits per heavy atom.